The number of ether oxygens (including phenoxy) is 1. The highest BCUT2D eigenvalue weighted by Crippen LogP contribution is 2.39. The van der Waals surface area contributed by atoms with E-state index in [-0.39, 0.29) is 18.5 Å². The largest absolute Gasteiger partial charge is 0.497 e. The SMILES string of the molecule is COc1ccc(-c2c(C)nc3c(N4CCC(F)(F)C4)c(-c4ccccc4)[nH]n3c2=O)cc1. The van der Waals surface area contributed by atoms with E-state index in [1.165, 1.54) is 4.52 Å². The molecule has 0 aliphatic carbocycles. The van der Waals surface area contributed by atoms with Crippen molar-refractivity contribution in [3.63, 3.8) is 0 Å². The molecular formula is C24H22F2N4O2. The molecule has 0 unspecified atom stereocenters. The quantitative estimate of drug-likeness (QED) is 0.511. The molecule has 0 amide bonds. The summed E-state index contributed by atoms with van der Waals surface area (Å²) in [5.41, 5.74) is 3.67. The van der Waals surface area contributed by atoms with E-state index >= 15 is 0 Å². The van der Waals surface area contributed by atoms with Gasteiger partial charge in [-0.2, -0.15) is 4.52 Å². The molecule has 32 heavy (non-hydrogen) atoms. The van der Waals surface area contributed by atoms with Gasteiger partial charge in [-0.1, -0.05) is 42.5 Å². The van der Waals surface area contributed by atoms with Crippen molar-refractivity contribution in [2.75, 3.05) is 25.1 Å². The van der Waals surface area contributed by atoms with Gasteiger partial charge >= 0.3 is 0 Å². The Morgan fingerprint density at radius 2 is 1.78 bits per heavy atom. The number of fused-ring (bicyclic) bond motifs is 1. The van der Waals surface area contributed by atoms with E-state index in [4.69, 9.17) is 9.72 Å². The highest BCUT2D eigenvalue weighted by molar-refractivity contribution is 5.87. The van der Waals surface area contributed by atoms with E-state index in [0.717, 1.165) is 5.56 Å². The normalized spacial score (nSPS) is 15.4. The molecule has 8 heteroatoms. The average molecular weight is 436 g/mol. The van der Waals surface area contributed by atoms with Gasteiger partial charge in [0.25, 0.3) is 11.5 Å². The summed E-state index contributed by atoms with van der Waals surface area (Å²) in [5, 5.41) is 3.14. The maximum atomic E-state index is 14.1. The Labute approximate surface area is 183 Å². The van der Waals surface area contributed by atoms with Gasteiger partial charge in [0.1, 0.15) is 11.4 Å². The number of hydrogen-bond donors (Lipinski definition) is 1. The number of benzene rings is 2. The number of methoxy groups -OCH3 is 1. The zero-order valence-corrected chi connectivity index (χ0v) is 17.7. The van der Waals surface area contributed by atoms with Crippen molar-refractivity contribution in [3.05, 3.63) is 70.6 Å². The maximum absolute atomic E-state index is 14.1. The van der Waals surface area contributed by atoms with Crippen molar-refractivity contribution < 1.29 is 13.5 Å². The topological polar surface area (TPSA) is 62.6 Å². The summed E-state index contributed by atoms with van der Waals surface area (Å²) in [5.74, 6) is -2.09. The van der Waals surface area contributed by atoms with Gasteiger partial charge in [0, 0.05) is 18.5 Å². The highest BCUT2D eigenvalue weighted by Gasteiger charge is 2.40. The molecule has 4 aromatic rings. The number of nitrogens with zero attached hydrogens (tertiary/aromatic N) is 3. The summed E-state index contributed by atoms with van der Waals surface area (Å²) in [7, 11) is 1.58. The molecule has 0 radical (unpaired) electrons. The monoisotopic (exact) mass is 436 g/mol. The number of alkyl halides is 2. The van der Waals surface area contributed by atoms with Crippen LogP contribution in [0.4, 0.5) is 14.5 Å². The summed E-state index contributed by atoms with van der Waals surface area (Å²) in [4.78, 5) is 19.9. The predicted molar refractivity (Wildman–Crippen MR) is 120 cm³/mol. The van der Waals surface area contributed by atoms with Crippen LogP contribution in [0.5, 0.6) is 5.75 Å². The number of anilines is 1. The first-order valence-corrected chi connectivity index (χ1v) is 10.4. The van der Waals surface area contributed by atoms with Gasteiger partial charge in [-0.15, -0.1) is 0 Å². The third-order valence-electron chi connectivity index (χ3n) is 5.86. The highest BCUT2D eigenvalue weighted by atomic mass is 19.3. The summed E-state index contributed by atoms with van der Waals surface area (Å²) in [6.45, 7) is 1.55. The van der Waals surface area contributed by atoms with Gasteiger partial charge in [-0.05, 0) is 24.6 Å². The third-order valence-corrected chi connectivity index (χ3v) is 5.86. The first-order chi connectivity index (χ1) is 15.4. The van der Waals surface area contributed by atoms with Crippen molar-refractivity contribution in [2.45, 2.75) is 19.3 Å². The van der Waals surface area contributed by atoms with E-state index in [2.05, 4.69) is 5.10 Å². The second-order valence-corrected chi connectivity index (χ2v) is 7.99. The van der Waals surface area contributed by atoms with Crippen LogP contribution in [-0.4, -0.2) is 40.7 Å². The smallest absolute Gasteiger partial charge is 0.280 e. The number of rotatable bonds is 4. The molecule has 1 aliphatic heterocycles. The second-order valence-electron chi connectivity index (χ2n) is 7.99. The lowest BCUT2D eigenvalue weighted by atomic mass is 10.1. The van der Waals surface area contributed by atoms with Gasteiger partial charge in [-0.25, -0.2) is 13.8 Å². The van der Waals surface area contributed by atoms with Crippen molar-refractivity contribution in [1.29, 1.82) is 0 Å². The molecule has 5 rings (SSSR count). The Morgan fingerprint density at radius 1 is 1.06 bits per heavy atom. The zero-order valence-electron chi connectivity index (χ0n) is 17.7. The first kappa shape index (κ1) is 20.2. The molecule has 0 atom stereocenters. The lowest BCUT2D eigenvalue weighted by Gasteiger charge is -2.18. The van der Waals surface area contributed by atoms with Crippen LogP contribution < -0.4 is 15.2 Å². The summed E-state index contributed by atoms with van der Waals surface area (Å²) in [6.07, 6.45) is -0.230. The van der Waals surface area contributed by atoms with E-state index in [1.807, 2.05) is 30.3 Å². The molecule has 1 fully saturated rings. The summed E-state index contributed by atoms with van der Waals surface area (Å²) < 4.78 is 34.7. The molecule has 2 aromatic heterocycles. The van der Waals surface area contributed by atoms with Crippen LogP contribution in [0.3, 0.4) is 0 Å². The lowest BCUT2D eigenvalue weighted by Crippen LogP contribution is -2.26. The third kappa shape index (κ3) is 3.32. The molecule has 0 bridgehead atoms. The Kier molecular flexibility index (Phi) is 4.73. The number of hydrogen-bond acceptors (Lipinski definition) is 4. The van der Waals surface area contributed by atoms with Crippen molar-refractivity contribution >= 4 is 11.3 Å². The first-order valence-electron chi connectivity index (χ1n) is 10.4. The van der Waals surface area contributed by atoms with Gasteiger partial charge in [-0.3, -0.25) is 9.89 Å². The summed E-state index contributed by atoms with van der Waals surface area (Å²) in [6, 6.07) is 16.6. The number of aromatic amines is 1. The van der Waals surface area contributed by atoms with Crippen LogP contribution in [0.25, 0.3) is 28.0 Å². The lowest BCUT2D eigenvalue weighted by molar-refractivity contribution is 0.0257. The Bertz CT molecular complexity index is 1340. The molecule has 1 N–H and O–H groups in total. The molecule has 164 valence electrons. The van der Waals surface area contributed by atoms with Crippen molar-refractivity contribution in [3.8, 4) is 28.1 Å². The Morgan fingerprint density at radius 3 is 2.41 bits per heavy atom. The van der Waals surface area contributed by atoms with Crippen LogP contribution in [0, 0.1) is 6.92 Å². The number of halogens is 2. The van der Waals surface area contributed by atoms with Crippen LogP contribution >= 0.6 is 0 Å². The van der Waals surface area contributed by atoms with E-state index < -0.39 is 12.5 Å². The fourth-order valence-electron chi connectivity index (χ4n) is 4.29. The molecule has 1 saturated heterocycles. The molecule has 6 nitrogen and oxygen atoms in total. The van der Waals surface area contributed by atoms with Crippen LogP contribution in [0.1, 0.15) is 12.1 Å². The molecule has 2 aromatic carbocycles. The van der Waals surface area contributed by atoms with E-state index in [0.29, 0.717) is 39.6 Å². The maximum Gasteiger partial charge on any atom is 0.280 e. The zero-order chi connectivity index (χ0) is 22.5. The number of aryl methyl sites for hydroxylation is 1. The summed E-state index contributed by atoms with van der Waals surface area (Å²) >= 11 is 0. The fourth-order valence-corrected chi connectivity index (χ4v) is 4.29. The number of H-pyrrole nitrogens is 1. The van der Waals surface area contributed by atoms with Gasteiger partial charge in [0.2, 0.25) is 0 Å². The molecular weight excluding hydrogens is 414 g/mol. The van der Waals surface area contributed by atoms with Gasteiger partial charge in [0.05, 0.1) is 30.6 Å². The van der Waals surface area contributed by atoms with Crippen LogP contribution in [0.15, 0.2) is 59.4 Å². The minimum atomic E-state index is -2.78. The molecule has 1 aliphatic rings. The molecule has 3 heterocycles. The predicted octanol–water partition coefficient (Wildman–Crippen LogP) is 4.52. The minimum absolute atomic E-state index is 0.190. The molecule has 0 spiro atoms. The van der Waals surface area contributed by atoms with E-state index in [9.17, 15) is 13.6 Å². The van der Waals surface area contributed by atoms with Gasteiger partial charge < -0.3 is 9.64 Å². The van der Waals surface area contributed by atoms with Gasteiger partial charge in [0.15, 0.2) is 5.65 Å². The number of nitrogens with one attached hydrogen (secondary N) is 1. The standard InChI is InChI=1S/C24H22F2N4O2/c1-15-19(16-8-10-18(32-2)11-9-16)23(31)30-22(27-15)21(29-13-12-24(25,26)14-29)20(28-30)17-6-4-3-5-7-17/h3-11,28H,12-14H2,1-2H3. The van der Waals surface area contributed by atoms with Crippen LogP contribution in [-0.2, 0) is 0 Å². The van der Waals surface area contributed by atoms with Crippen LogP contribution in [0.2, 0.25) is 0 Å². The average Bonchev–Trinajstić information content (AvgIpc) is 3.34. The fraction of sp³-hybridized carbons (Fsp3) is 0.250. The Balaban J connectivity index is 1.75. The van der Waals surface area contributed by atoms with E-state index in [1.54, 1.807) is 43.2 Å². The van der Waals surface area contributed by atoms with Crippen molar-refractivity contribution in [2.24, 2.45) is 0 Å². The van der Waals surface area contributed by atoms with Crippen molar-refractivity contribution in [1.82, 2.24) is 14.6 Å². The second kappa shape index (κ2) is 7.47. The minimum Gasteiger partial charge on any atom is -0.497 e. The Hall–Kier alpha value is -3.68. The molecule has 0 saturated carbocycles. The number of aromatic nitrogens is 3.